The molecule has 1 saturated heterocycles. The molecule has 0 atom stereocenters. The van der Waals surface area contributed by atoms with E-state index in [0.717, 1.165) is 24.2 Å². The molecule has 0 unspecified atom stereocenters. The fraction of sp³-hybridized carbons (Fsp3) is 0.333. The van der Waals surface area contributed by atoms with Gasteiger partial charge in [0, 0.05) is 18.8 Å². The largest absolute Gasteiger partial charge is 0.484 e. The van der Waals surface area contributed by atoms with Crippen molar-refractivity contribution in [1.29, 1.82) is 0 Å². The molecule has 5 nitrogen and oxygen atoms in total. The van der Waals surface area contributed by atoms with Gasteiger partial charge in [0.05, 0.1) is 6.21 Å². The van der Waals surface area contributed by atoms with Crippen LogP contribution in [0.3, 0.4) is 0 Å². The van der Waals surface area contributed by atoms with Crippen LogP contribution in [0.15, 0.2) is 53.6 Å². The van der Waals surface area contributed by atoms with Crippen LogP contribution in [0.25, 0.3) is 0 Å². The molecule has 1 fully saturated rings. The molecule has 1 amide bonds. The molecule has 1 aliphatic heterocycles. The summed E-state index contributed by atoms with van der Waals surface area (Å²) >= 11 is 0. The fourth-order valence-electron chi connectivity index (χ4n) is 2.99. The van der Waals surface area contributed by atoms with Gasteiger partial charge in [-0.05, 0) is 61.6 Å². The number of hydrogen-bond donors (Lipinski definition) is 1. The Morgan fingerprint density at radius 1 is 1.15 bits per heavy atom. The summed E-state index contributed by atoms with van der Waals surface area (Å²) in [5.74, 6) is 0.394. The molecule has 0 aliphatic carbocycles. The lowest BCUT2D eigenvalue weighted by molar-refractivity contribution is -0.123. The maximum atomic E-state index is 11.8. The monoisotopic (exact) mass is 351 g/mol. The molecule has 3 rings (SSSR count). The van der Waals surface area contributed by atoms with Crippen molar-refractivity contribution in [2.24, 2.45) is 5.10 Å². The van der Waals surface area contributed by atoms with Crippen molar-refractivity contribution < 1.29 is 9.53 Å². The predicted octanol–water partition coefficient (Wildman–Crippen LogP) is 3.51. The third-order valence-corrected chi connectivity index (χ3v) is 4.38. The van der Waals surface area contributed by atoms with Crippen LogP contribution in [-0.4, -0.2) is 31.8 Å². The molecule has 1 heterocycles. The van der Waals surface area contributed by atoms with Gasteiger partial charge in [-0.3, -0.25) is 4.79 Å². The van der Waals surface area contributed by atoms with Crippen LogP contribution in [0.1, 0.15) is 30.4 Å². The molecule has 0 radical (unpaired) electrons. The van der Waals surface area contributed by atoms with Crippen molar-refractivity contribution in [1.82, 2.24) is 5.43 Å². The van der Waals surface area contributed by atoms with E-state index in [1.165, 1.54) is 24.9 Å². The number of nitrogens with one attached hydrogen (secondary N) is 1. The van der Waals surface area contributed by atoms with Gasteiger partial charge in [-0.25, -0.2) is 5.43 Å². The number of hydrogen-bond acceptors (Lipinski definition) is 4. The molecule has 0 aromatic heterocycles. The van der Waals surface area contributed by atoms with E-state index in [1.54, 1.807) is 6.21 Å². The number of rotatable bonds is 6. The minimum Gasteiger partial charge on any atom is -0.484 e. The normalized spacial score (nSPS) is 14.4. The fourth-order valence-corrected chi connectivity index (χ4v) is 2.99. The highest BCUT2D eigenvalue weighted by atomic mass is 16.5. The Morgan fingerprint density at radius 3 is 2.65 bits per heavy atom. The highest BCUT2D eigenvalue weighted by Crippen LogP contribution is 2.19. The number of piperidine rings is 1. The lowest BCUT2D eigenvalue weighted by Gasteiger charge is -2.28. The van der Waals surface area contributed by atoms with Gasteiger partial charge in [0.1, 0.15) is 5.75 Å². The second-order valence-corrected chi connectivity index (χ2v) is 6.54. The van der Waals surface area contributed by atoms with Gasteiger partial charge in [-0.2, -0.15) is 5.10 Å². The number of ether oxygens (including phenoxy) is 1. The highest BCUT2D eigenvalue weighted by Gasteiger charge is 2.10. The second-order valence-electron chi connectivity index (χ2n) is 6.54. The summed E-state index contributed by atoms with van der Waals surface area (Å²) in [5, 5.41) is 4.00. The van der Waals surface area contributed by atoms with Crippen molar-refractivity contribution in [2.75, 3.05) is 24.6 Å². The van der Waals surface area contributed by atoms with E-state index in [9.17, 15) is 4.79 Å². The van der Waals surface area contributed by atoms with Crippen LogP contribution in [0.5, 0.6) is 5.75 Å². The van der Waals surface area contributed by atoms with E-state index >= 15 is 0 Å². The van der Waals surface area contributed by atoms with Crippen molar-refractivity contribution in [3.63, 3.8) is 0 Å². The van der Waals surface area contributed by atoms with Gasteiger partial charge in [0.2, 0.25) is 0 Å². The summed E-state index contributed by atoms with van der Waals surface area (Å²) < 4.78 is 5.44. The van der Waals surface area contributed by atoms with Crippen LogP contribution >= 0.6 is 0 Å². The molecule has 26 heavy (non-hydrogen) atoms. The Hall–Kier alpha value is -2.82. The lowest BCUT2D eigenvalue weighted by atomic mass is 10.1. The first kappa shape index (κ1) is 18.0. The third-order valence-electron chi connectivity index (χ3n) is 4.38. The summed E-state index contributed by atoms with van der Waals surface area (Å²) in [5.41, 5.74) is 5.78. The zero-order valence-electron chi connectivity index (χ0n) is 15.1. The highest BCUT2D eigenvalue weighted by molar-refractivity contribution is 5.83. The van der Waals surface area contributed by atoms with Crippen LogP contribution in [-0.2, 0) is 4.79 Å². The number of benzene rings is 2. The smallest absolute Gasteiger partial charge is 0.277 e. The van der Waals surface area contributed by atoms with Crippen LogP contribution < -0.4 is 15.1 Å². The predicted molar refractivity (Wildman–Crippen MR) is 105 cm³/mol. The molecule has 5 heteroatoms. The van der Waals surface area contributed by atoms with Gasteiger partial charge >= 0.3 is 0 Å². The van der Waals surface area contributed by atoms with E-state index in [4.69, 9.17) is 4.74 Å². The molecule has 1 N–H and O–H groups in total. The van der Waals surface area contributed by atoms with Crippen molar-refractivity contribution in [3.05, 3.63) is 59.7 Å². The minimum absolute atomic E-state index is 0.0608. The summed E-state index contributed by atoms with van der Waals surface area (Å²) in [7, 11) is 0. The summed E-state index contributed by atoms with van der Waals surface area (Å²) in [4.78, 5) is 14.2. The summed E-state index contributed by atoms with van der Waals surface area (Å²) in [6, 6.07) is 15.8. The molecule has 1 aliphatic rings. The van der Waals surface area contributed by atoms with Crippen LogP contribution in [0.2, 0.25) is 0 Å². The van der Waals surface area contributed by atoms with Crippen LogP contribution in [0, 0.1) is 6.92 Å². The zero-order chi connectivity index (χ0) is 18.2. The molecule has 0 saturated carbocycles. The molecular weight excluding hydrogens is 326 g/mol. The maximum absolute atomic E-state index is 11.8. The maximum Gasteiger partial charge on any atom is 0.277 e. The first-order valence-corrected chi connectivity index (χ1v) is 9.07. The van der Waals surface area contributed by atoms with E-state index in [-0.39, 0.29) is 12.5 Å². The summed E-state index contributed by atoms with van der Waals surface area (Å²) in [6.45, 7) is 4.18. The summed E-state index contributed by atoms with van der Waals surface area (Å²) in [6.07, 6.45) is 5.50. The van der Waals surface area contributed by atoms with E-state index in [1.807, 2.05) is 43.3 Å². The molecule has 136 valence electrons. The SMILES string of the molecule is Cc1cccc(OCC(=O)N/N=C\c2ccc(N3CCCCC3)cc2)c1. The quantitative estimate of drug-likeness (QED) is 0.640. The molecule has 2 aromatic carbocycles. The number of carbonyl (C=O) groups excluding carboxylic acids is 1. The van der Waals surface area contributed by atoms with Gasteiger partial charge in [0.25, 0.3) is 5.91 Å². The Kier molecular flexibility index (Phi) is 6.25. The zero-order valence-corrected chi connectivity index (χ0v) is 15.1. The van der Waals surface area contributed by atoms with Gasteiger partial charge in [0.15, 0.2) is 6.61 Å². The van der Waals surface area contributed by atoms with Crippen molar-refractivity contribution >= 4 is 17.8 Å². The van der Waals surface area contributed by atoms with Gasteiger partial charge in [-0.15, -0.1) is 0 Å². The van der Waals surface area contributed by atoms with Crippen molar-refractivity contribution in [3.8, 4) is 5.75 Å². The Balaban J connectivity index is 1.44. The molecular formula is C21H25N3O2. The van der Waals surface area contributed by atoms with Crippen LogP contribution in [0.4, 0.5) is 5.69 Å². The Morgan fingerprint density at radius 2 is 1.92 bits per heavy atom. The van der Waals surface area contributed by atoms with E-state index in [0.29, 0.717) is 5.75 Å². The first-order valence-electron chi connectivity index (χ1n) is 9.07. The average molecular weight is 351 g/mol. The lowest BCUT2D eigenvalue weighted by Crippen LogP contribution is -2.29. The third kappa shape index (κ3) is 5.34. The average Bonchev–Trinajstić information content (AvgIpc) is 2.68. The first-order chi connectivity index (χ1) is 12.7. The van der Waals surface area contributed by atoms with Crippen molar-refractivity contribution in [2.45, 2.75) is 26.2 Å². The number of nitrogens with zero attached hydrogens (tertiary/aromatic N) is 2. The van der Waals surface area contributed by atoms with Gasteiger partial charge < -0.3 is 9.64 Å². The minimum atomic E-state index is -0.285. The molecule has 0 spiro atoms. The Bertz CT molecular complexity index is 750. The number of hydrazone groups is 1. The number of aryl methyl sites for hydroxylation is 1. The van der Waals surface area contributed by atoms with E-state index in [2.05, 4.69) is 27.6 Å². The molecule has 2 aromatic rings. The molecule has 0 bridgehead atoms. The number of anilines is 1. The second kappa shape index (κ2) is 9.04. The topological polar surface area (TPSA) is 53.9 Å². The standard InChI is InChI=1S/C21H25N3O2/c1-17-6-5-7-20(14-17)26-16-21(25)23-22-15-18-8-10-19(11-9-18)24-12-3-2-4-13-24/h5-11,14-15H,2-4,12-13,16H2,1H3,(H,23,25)/b22-15-. The Labute approximate surface area is 154 Å². The number of carbonyl (C=O) groups is 1. The van der Waals surface area contributed by atoms with E-state index < -0.39 is 0 Å². The number of amides is 1. The van der Waals surface area contributed by atoms with Gasteiger partial charge in [-0.1, -0.05) is 24.3 Å².